The molecule has 1 unspecified atom stereocenters. The van der Waals surface area contributed by atoms with Crippen LogP contribution >= 0.6 is 0 Å². The third kappa shape index (κ3) is 3.09. The fourth-order valence-electron chi connectivity index (χ4n) is 3.84. The lowest BCUT2D eigenvalue weighted by Crippen LogP contribution is -2.42. The number of anilines is 2. The Balaban J connectivity index is 1.35. The van der Waals surface area contributed by atoms with Gasteiger partial charge in [-0.3, -0.25) is 0 Å². The lowest BCUT2D eigenvalue weighted by Gasteiger charge is -2.34. The van der Waals surface area contributed by atoms with Crippen LogP contribution in [0.3, 0.4) is 0 Å². The van der Waals surface area contributed by atoms with E-state index in [1.54, 1.807) is 0 Å². The molecule has 1 aliphatic carbocycles. The van der Waals surface area contributed by atoms with Crippen molar-refractivity contribution in [3.63, 3.8) is 0 Å². The molecule has 5 nitrogen and oxygen atoms in total. The second kappa shape index (κ2) is 6.56. The zero-order valence-corrected chi connectivity index (χ0v) is 14.8. The highest BCUT2D eigenvalue weighted by Crippen LogP contribution is 2.38. The molecule has 3 heterocycles. The smallest absolute Gasteiger partial charge is 0.136 e. The van der Waals surface area contributed by atoms with E-state index in [-0.39, 0.29) is 0 Å². The van der Waals surface area contributed by atoms with Gasteiger partial charge in [-0.25, -0.2) is 15.0 Å². The van der Waals surface area contributed by atoms with Crippen LogP contribution in [0.15, 0.2) is 48.8 Å². The van der Waals surface area contributed by atoms with Gasteiger partial charge in [-0.2, -0.15) is 0 Å². The average Bonchev–Trinajstić information content (AvgIpc) is 3.53. The maximum absolute atomic E-state index is 4.72. The van der Waals surface area contributed by atoms with Crippen LogP contribution in [0, 0.1) is 0 Å². The molecule has 5 rings (SSSR count). The molecule has 1 atom stereocenters. The summed E-state index contributed by atoms with van der Waals surface area (Å²) in [5.41, 5.74) is 0. The lowest BCUT2D eigenvalue weighted by atomic mass is 10.0. The molecular formula is C21H23N5. The summed E-state index contributed by atoms with van der Waals surface area (Å²) in [6.45, 7) is 2.00. The van der Waals surface area contributed by atoms with E-state index in [0.717, 1.165) is 43.4 Å². The average molecular weight is 345 g/mol. The Bertz CT molecular complexity index is 916. The van der Waals surface area contributed by atoms with Crippen LogP contribution in [0.4, 0.5) is 11.6 Å². The monoisotopic (exact) mass is 345 g/mol. The highest BCUT2D eigenvalue weighted by molar-refractivity contribution is 5.92. The predicted molar refractivity (Wildman–Crippen MR) is 105 cm³/mol. The quantitative estimate of drug-likeness (QED) is 0.775. The zero-order valence-electron chi connectivity index (χ0n) is 14.8. The Morgan fingerprint density at radius 2 is 1.85 bits per heavy atom. The molecule has 1 saturated heterocycles. The van der Waals surface area contributed by atoms with Crippen LogP contribution in [0.5, 0.6) is 0 Å². The van der Waals surface area contributed by atoms with Crippen molar-refractivity contribution < 1.29 is 0 Å². The summed E-state index contributed by atoms with van der Waals surface area (Å²) in [6, 6.07) is 12.9. The minimum atomic E-state index is 0.381. The van der Waals surface area contributed by atoms with Crippen molar-refractivity contribution >= 4 is 22.4 Å². The van der Waals surface area contributed by atoms with Gasteiger partial charge in [0.2, 0.25) is 0 Å². The Morgan fingerprint density at radius 3 is 2.77 bits per heavy atom. The van der Waals surface area contributed by atoms with E-state index in [4.69, 9.17) is 9.97 Å². The van der Waals surface area contributed by atoms with Crippen LogP contribution in [0.25, 0.3) is 10.8 Å². The molecule has 0 bridgehead atoms. The summed E-state index contributed by atoms with van der Waals surface area (Å²) >= 11 is 0. The highest BCUT2D eigenvalue weighted by Gasteiger charge is 2.27. The Hall–Kier alpha value is -2.69. The standard InChI is InChI=1S/C21H23N5/c1-2-6-18-15(4-1)9-11-23-21(18)26-13-3-5-17(14-26)24-19-10-12-22-20(25-19)16-7-8-16/h1-2,4,6,9-12,16-17H,3,5,7-8,13-14H2,(H,22,24,25). The van der Waals surface area contributed by atoms with E-state index in [9.17, 15) is 0 Å². The van der Waals surface area contributed by atoms with Crippen molar-refractivity contribution in [2.45, 2.75) is 37.6 Å². The fourth-order valence-corrected chi connectivity index (χ4v) is 3.84. The minimum Gasteiger partial charge on any atom is -0.365 e. The van der Waals surface area contributed by atoms with Crippen molar-refractivity contribution in [1.29, 1.82) is 0 Å². The van der Waals surface area contributed by atoms with Gasteiger partial charge in [0.25, 0.3) is 0 Å². The molecule has 2 fully saturated rings. The van der Waals surface area contributed by atoms with Gasteiger partial charge in [-0.05, 0) is 43.2 Å². The SMILES string of the molecule is c1ccc2c(N3CCCC(Nc4ccnc(C5CC5)n4)C3)nccc2c1. The van der Waals surface area contributed by atoms with E-state index in [0.29, 0.717) is 12.0 Å². The Labute approximate surface area is 153 Å². The molecule has 0 spiro atoms. The van der Waals surface area contributed by atoms with Crippen LogP contribution in [-0.4, -0.2) is 34.1 Å². The molecule has 0 amide bonds. The molecule has 5 heteroatoms. The molecule has 26 heavy (non-hydrogen) atoms. The van der Waals surface area contributed by atoms with E-state index < -0.39 is 0 Å². The summed E-state index contributed by atoms with van der Waals surface area (Å²) in [5, 5.41) is 6.11. The number of nitrogens with zero attached hydrogens (tertiary/aromatic N) is 4. The largest absolute Gasteiger partial charge is 0.365 e. The Morgan fingerprint density at radius 1 is 0.962 bits per heavy atom. The van der Waals surface area contributed by atoms with Crippen LogP contribution in [0.1, 0.15) is 37.4 Å². The summed E-state index contributed by atoms with van der Waals surface area (Å²) in [6.07, 6.45) is 8.57. The number of piperidine rings is 1. The molecule has 3 aromatic rings. The van der Waals surface area contributed by atoms with Gasteiger partial charge in [0.15, 0.2) is 0 Å². The van der Waals surface area contributed by atoms with Crippen LogP contribution in [0.2, 0.25) is 0 Å². The van der Waals surface area contributed by atoms with Crippen molar-refractivity contribution in [2.75, 3.05) is 23.3 Å². The highest BCUT2D eigenvalue weighted by atomic mass is 15.2. The molecule has 1 aromatic carbocycles. The van der Waals surface area contributed by atoms with Crippen LogP contribution < -0.4 is 10.2 Å². The van der Waals surface area contributed by atoms with Crippen LogP contribution in [-0.2, 0) is 0 Å². The number of fused-ring (bicyclic) bond motifs is 1. The summed E-state index contributed by atoms with van der Waals surface area (Å²) in [4.78, 5) is 16.2. The predicted octanol–water partition coefficient (Wildman–Crippen LogP) is 3.98. The van der Waals surface area contributed by atoms with E-state index in [1.807, 2.05) is 18.5 Å². The number of benzene rings is 1. The Kier molecular flexibility index (Phi) is 3.92. The van der Waals surface area contributed by atoms with Gasteiger partial charge in [0.1, 0.15) is 17.5 Å². The molecule has 1 saturated carbocycles. The van der Waals surface area contributed by atoms with Gasteiger partial charge in [-0.1, -0.05) is 24.3 Å². The first kappa shape index (κ1) is 15.6. The third-order valence-electron chi connectivity index (χ3n) is 5.34. The van der Waals surface area contributed by atoms with Gasteiger partial charge in [0, 0.05) is 42.8 Å². The van der Waals surface area contributed by atoms with Crippen molar-refractivity contribution in [3.8, 4) is 0 Å². The minimum absolute atomic E-state index is 0.381. The summed E-state index contributed by atoms with van der Waals surface area (Å²) in [7, 11) is 0. The molecule has 132 valence electrons. The number of aromatic nitrogens is 3. The number of hydrogen-bond acceptors (Lipinski definition) is 5. The lowest BCUT2D eigenvalue weighted by molar-refractivity contribution is 0.526. The normalized spacial score (nSPS) is 20.3. The molecule has 2 aromatic heterocycles. The molecule has 0 radical (unpaired) electrons. The first-order chi connectivity index (χ1) is 12.9. The van der Waals surface area contributed by atoms with Crippen molar-refractivity contribution in [2.24, 2.45) is 0 Å². The molecule has 1 N–H and O–H groups in total. The summed E-state index contributed by atoms with van der Waals surface area (Å²) < 4.78 is 0. The van der Waals surface area contributed by atoms with Crippen molar-refractivity contribution in [1.82, 2.24) is 15.0 Å². The fraction of sp³-hybridized carbons (Fsp3) is 0.381. The van der Waals surface area contributed by atoms with Gasteiger partial charge in [0.05, 0.1) is 0 Å². The number of rotatable bonds is 4. The van der Waals surface area contributed by atoms with E-state index >= 15 is 0 Å². The van der Waals surface area contributed by atoms with Gasteiger partial charge in [-0.15, -0.1) is 0 Å². The molecule has 2 aliphatic rings. The van der Waals surface area contributed by atoms with E-state index in [2.05, 4.69) is 45.5 Å². The zero-order chi connectivity index (χ0) is 17.3. The van der Waals surface area contributed by atoms with Crippen molar-refractivity contribution in [3.05, 3.63) is 54.6 Å². The third-order valence-corrected chi connectivity index (χ3v) is 5.34. The first-order valence-corrected chi connectivity index (χ1v) is 9.55. The number of pyridine rings is 1. The number of nitrogens with one attached hydrogen (secondary N) is 1. The second-order valence-corrected chi connectivity index (χ2v) is 7.36. The second-order valence-electron chi connectivity index (χ2n) is 7.36. The topological polar surface area (TPSA) is 53.9 Å². The summed E-state index contributed by atoms with van der Waals surface area (Å²) in [5.74, 6) is 3.63. The molecule has 1 aliphatic heterocycles. The van der Waals surface area contributed by atoms with E-state index in [1.165, 1.54) is 23.6 Å². The van der Waals surface area contributed by atoms with Gasteiger partial charge < -0.3 is 10.2 Å². The maximum Gasteiger partial charge on any atom is 0.136 e. The maximum atomic E-state index is 4.72. The first-order valence-electron chi connectivity index (χ1n) is 9.55. The van der Waals surface area contributed by atoms with Gasteiger partial charge >= 0.3 is 0 Å². The number of hydrogen-bond donors (Lipinski definition) is 1. The molecular weight excluding hydrogens is 322 g/mol.